The van der Waals surface area contributed by atoms with Crippen LogP contribution in [0.15, 0.2) is 18.2 Å². The lowest BCUT2D eigenvalue weighted by Gasteiger charge is -2.31. The smallest absolute Gasteiger partial charge is 0.315 e. The zero-order valence-corrected chi connectivity index (χ0v) is 15.1. The highest BCUT2D eigenvalue weighted by molar-refractivity contribution is 7.89. The summed E-state index contributed by atoms with van der Waals surface area (Å²) < 4.78 is 38.9. The third-order valence-corrected chi connectivity index (χ3v) is 6.22. The van der Waals surface area contributed by atoms with E-state index in [4.69, 9.17) is 5.73 Å². The van der Waals surface area contributed by atoms with Crippen LogP contribution in [0.1, 0.15) is 30.9 Å². The number of benzene rings is 1. The van der Waals surface area contributed by atoms with Crippen LogP contribution in [0.2, 0.25) is 0 Å². The van der Waals surface area contributed by atoms with E-state index in [1.54, 1.807) is 19.1 Å². The molecule has 0 bridgehead atoms. The van der Waals surface area contributed by atoms with Crippen molar-refractivity contribution in [3.05, 3.63) is 35.1 Å². The molecule has 0 aliphatic carbocycles. The maximum Gasteiger partial charge on any atom is 0.315 e. The lowest BCUT2D eigenvalue weighted by Crippen LogP contribution is -2.49. The monoisotopic (exact) mass is 372 g/mol. The first kappa shape index (κ1) is 19.6. The maximum absolute atomic E-state index is 13.8. The SMILES string of the molecule is CCS(=O)(=O)N1CCC(NC(=O)NCc2ccc(CN)cc2F)CC1. The minimum absolute atomic E-state index is 0.0750. The van der Waals surface area contributed by atoms with E-state index in [2.05, 4.69) is 10.6 Å². The van der Waals surface area contributed by atoms with Crippen LogP contribution in [0, 0.1) is 5.82 Å². The van der Waals surface area contributed by atoms with Gasteiger partial charge in [-0.3, -0.25) is 0 Å². The maximum atomic E-state index is 13.8. The highest BCUT2D eigenvalue weighted by atomic mass is 32.2. The summed E-state index contributed by atoms with van der Waals surface area (Å²) in [6.45, 7) is 2.75. The summed E-state index contributed by atoms with van der Waals surface area (Å²) in [5.41, 5.74) is 6.53. The molecule has 0 atom stereocenters. The number of halogens is 1. The average Bonchev–Trinajstić information content (AvgIpc) is 2.61. The van der Waals surface area contributed by atoms with E-state index in [9.17, 15) is 17.6 Å². The number of urea groups is 1. The molecule has 1 saturated heterocycles. The summed E-state index contributed by atoms with van der Waals surface area (Å²) >= 11 is 0. The lowest BCUT2D eigenvalue weighted by atomic mass is 10.1. The van der Waals surface area contributed by atoms with E-state index < -0.39 is 15.8 Å². The molecule has 0 saturated carbocycles. The van der Waals surface area contributed by atoms with Gasteiger partial charge in [-0.15, -0.1) is 0 Å². The van der Waals surface area contributed by atoms with Crippen LogP contribution in [0.25, 0.3) is 0 Å². The summed E-state index contributed by atoms with van der Waals surface area (Å²) in [6.07, 6.45) is 1.12. The molecule has 1 aliphatic heterocycles. The molecule has 0 spiro atoms. The van der Waals surface area contributed by atoms with E-state index in [1.807, 2.05) is 0 Å². The predicted octanol–water partition coefficient (Wildman–Crippen LogP) is 0.898. The molecule has 1 aromatic rings. The van der Waals surface area contributed by atoms with Crippen LogP contribution >= 0.6 is 0 Å². The van der Waals surface area contributed by atoms with Gasteiger partial charge in [0.15, 0.2) is 0 Å². The Morgan fingerprint density at radius 1 is 1.36 bits per heavy atom. The van der Waals surface area contributed by atoms with Gasteiger partial charge in [-0.1, -0.05) is 12.1 Å². The van der Waals surface area contributed by atoms with Gasteiger partial charge < -0.3 is 16.4 Å². The summed E-state index contributed by atoms with van der Waals surface area (Å²) in [6, 6.07) is 4.21. The number of hydrogen-bond acceptors (Lipinski definition) is 4. The van der Waals surface area contributed by atoms with Crippen molar-refractivity contribution in [1.82, 2.24) is 14.9 Å². The van der Waals surface area contributed by atoms with Crippen molar-refractivity contribution in [2.75, 3.05) is 18.8 Å². The number of nitrogens with one attached hydrogen (secondary N) is 2. The summed E-state index contributed by atoms with van der Waals surface area (Å²) in [5, 5.41) is 5.43. The van der Waals surface area contributed by atoms with Gasteiger partial charge in [-0.05, 0) is 31.4 Å². The van der Waals surface area contributed by atoms with Gasteiger partial charge in [-0.25, -0.2) is 21.9 Å². The van der Waals surface area contributed by atoms with Gasteiger partial charge in [0, 0.05) is 37.8 Å². The Balaban J connectivity index is 1.78. The molecule has 1 aromatic carbocycles. The highest BCUT2D eigenvalue weighted by Crippen LogP contribution is 2.14. The molecule has 0 radical (unpaired) electrons. The van der Waals surface area contributed by atoms with E-state index in [-0.39, 0.29) is 30.9 Å². The van der Waals surface area contributed by atoms with Crippen molar-refractivity contribution in [2.24, 2.45) is 5.73 Å². The minimum atomic E-state index is -3.18. The van der Waals surface area contributed by atoms with Crippen molar-refractivity contribution in [1.29, 1.82) is 0 Å². The summed E-state index contributed by atoms with van der Waals surface area (Å²) in [5.74, 6) is -0.318. The molecule has 7 nitrogen and oxygen atoms in total. The number of nitrogens with two attached hydrogens (primary N) is 1. The van der Waals surface area contributed by atoms with Crippen LogP contribution < -0.4 is 16.4 Å². The Morgan fingerprint density at radius 2 is 2.04 bits per heavy atom. The van der Waals surface area contributed by atoms with Crippen molar-refractivity contribution in [2.45, 2.75) is 38.9 Å². The summed E-state index contributed by atoms with van der Waals surface area (Å²) in [7, 11) is -3.18. The second-order valence-corrected chi connectivity index (χ2v) is 8.29. The molecule has 25 heavy (non-hydrogen) atoms. The second-order valence-electron chi connectivity index (χ2n) is 6.03. The van der Waals surface area contributed by atoms with Crippen LogP contribution in [0.4, 0.5) is 9.18 Å². The Bertz CT molecular complexity index is 703. The predicted molar refractivity (Wildman–Crippen MR) is 93.7 cm³/mol. The Hall–Kier alpha value is -1.71. The van der Waals surface area contributed by atoms with Crippen molar-refractivity contribution >= 4 is 16.1 Å². The zero-order valence-electron chi connectivity index (χ0n) is 14.3. The van der Waals surface area contributed by atoms with Gasteiger partial charge in [0.1, 0.15) is 5.82 Å². The van der Waals surface area contributed by atoms with Crippen LogP contribution in [0.3, 0.4) is 0 Å². The zero-order chi connectivity index (χ0) is 18.4. The van der Waals surface area contributed by atoms with Crippen LogP contribution in [-0.4, -0.2) is 43.6 Å². The van der Waals surface area contributed by atoms with Crippen molar-refractivity contribution in [3.63, 3.8) is 0 Å². The highest BCUT2D eigenvalue weighted by Gasteiger charge is 2.27. The molecule has 1 fully saturated rings. The molecule has 1 aliphatic rings. The molecule has 140 valence electrons. The number of hydrogen-bond donors (Lipinski definition) is 3. The number of carbonyl (C=O) groups is 1. The fourth-order valence-corrected chi connectivity index (χ4v) is 3.87. The van der Waals surface area contributed by atoms with Gasteiger partial charge in [0.05, 0.1) is 5.75 Å². The molecule has 0 unspecified atom stereocenters. The van der Waals surface area contributed by atoms with Gasteiger partial charge in [-0.2, -0.15) is 0 Å². The number of piperidine rings is 1. The molecule has 2 rings (SSSR count). The number of rotatable bonds is 6. The Labute approximate surface area is 147 Å². The molecular formula is C16H25FN4O3S. The molecule has 2 amide bonds. The second kappa shape index (κ2) is 8.59. The third-order valence-electron chi connectivity index (χ3n) is 4.34. The average molecular weight is 372 g/mol. The number of sulfonamides is 1. The molecule has 4 N–H and O–H groups in total. The normalized spacial score (nSPS) is 16.6. The molecule has 9 heteroatoms. The fourth-order valence-electron chi connectivity index (χ4n) is 2.73. The lowest BCUT2D eigenvalue weighted by molar-refractivity contribution is 0.227. The third kappa shape index (κ3) is 5.38. The quantitative estimate of drug-likeness (QED) is 0.690. The first-order valence-corrected chi connectivity index (χ1v) is 9.96. The molecular weight excluding hydrogens is 347 g/mol. The van der Waals surface area contributed by atoms with E-state index in [0.717, 1.165) is 0 Å². The standard InChI is InChI=1S/C16H25FN4O3S/c1-2-25(23,24)21-7-5-14(6-8-21)20-16(22)19-11-13-4-3-12(10-18)9-15(13)17/h3-4,9,14H,2,5-8,10-11,18H2,1H3,(H2,19,20,22). The van der Waals surface area contributed by atoms with Crippen LogP contribution in [-0.2, 0) is 23.1 Å². The Morgan fingerprint density at radius 3 is 2.60 bits per heavy atom. The topological polar surface area (TPSA) is 105 Å². The number of carbonyl (C=O) groups excluding carboxylic acids is 1. The van der Waals surface area contributed by atoms with Crippen molar-refractivity contribution < 1.29 is 17.6 Å². The largest absolute Gasteiger partial charge is 0.335 e. The Kier molecular flexibility index (Phi) is 6.74. The van der Waals surface area contributed by atoms with Gasteiger partial charge in [0.25, 0.3) is 0 Å². The van der Waals surface area contributed by atoms with Gasteiger partial charge in [0.2, 0.25) is 10.0 Å². The van der Waals surface area contributed by atoms with Crippen molar-refractivity contribution in [3.8, 4) is 0 Å². The van der Waals surface area contributed by atoms with Gasteiger partial charge >= 0.3 is 6.03 Å². The van der Waals surface area contributed by atoms with E-state index in [1.165, 1.54) is 10.4 Å². The number of nitrogens with zero attached hydrogens (tertiary/aromatic N) is 1. The van der Waals surface area contributed by atoms with E-state index in [0.29, 0.717) is 37.1 Å². The molecule has 1 heterocycles. The minimum Gasteiger partial charge on any atom is -0.335 e. The van der Waals surface area contributed by atoms with Crippen LogP contribution in [0.5, 0.6) is 0 Å². The first-order chi connectivity index (χ1) is 11.9. The molecule has 0 aromatic heterocycles. The first-order valence-electron chi connectivity index (χ1n) is 8.35. The fraction of sp³-hybridized carbons (Fsp3) is 0.562. The number of amides is 2. The van der Waals surface area contributed by atoms with E-state index >= 15 is 0 Å². The summed E-state index contributed by atoms with van der Waals surface area (Å²) in [4.78, 5) is 12.0.